The van der Waals surface area contributed by atoms with Crippen molar-refractivity contribution in [3.8, 4) is 33.8 Å². The van der Waals surface area contributed by atoms with Crippen LogP contribution in [-0.2, 0) is 6.42 Å². The summed E-state index contributed by atoms with van der Waals surface area (Å²) < 4.78 is 5.56. The number of phenolic OH excluding ortho intramolecular Hbond substituents is 1. The third-order valence-corrected chi connectivity index (χ3v) is 6.83. The summed E-state index contributed by atoms with van der Waals surface area (Å²) in [7, 11) is 1.66. The number of rotatable bonds is 9. The van der Waals surface area contributed by atoms with Crippen molar-refractivity contribution in [2.45, 2.75) is 12.5 Å². The maximum atomic E-state index is 11.6. The zero-order valence-corrected chi connectivity index (χ0v) is 21.5. The number of methoxy groups -OCH3 is 1. The number of benzene rings is 3. The minimum absolute atomic E-state index is 0.0338. The second-order valence-electron chi connectivity index (χ2n) is 9.33. The number of anilines is 1. The lowest BCUT2D eigenvalue weighted by Crippen LogP contribution is -2.24. The lowest BCUT2D eigenvalue weighted by atomic mass is 9.97. The number of nitrogens with one attached hydrogen (secondary N) is 2. The van der Waals surface area contributed by atoms with Crippen molar-refractivity contribution in [3.63, 3.8) is 0 Å². The Morgan fingerprint density at radius 1 is 1.03 bits per heavy atom. The summed E-state index contributed by atoms with van der Waals surface area (Å²) in [5, 5.41) is 24.7. The van der Waals surface area contributed by atoms with Gasteiger partial charge in [-0.3, -0.25) is 9.78 Å². The first-order valence-corrected chi connectivity index (χ1v) is 12.7. The molecule has 0 radical (unpaired) electrons. The van der Waals surface area contributed by atoms with E-state index in [1.807, 2.05) is 42.6 Å². The number of H-pyrrole nitrogens is 1. The molecule has 0 amide bonds. The van der Waals surface area contributed by atoms with E-state index in [-0.39, 0.29) is 11.3 Å². The number of ether oxygens (including phenoxy) is 1. The van der Waals surface area contributed by atoms with Crippen LogP contribution in [0.25, 0.3) is 33.2 Å². The fourth-order valence-electron chi connectivity index (χ4n) is 4.76. The molecule has 2 aromatic heterocycles. The van der Waals surface area contributed by atoms with Crippen LogP contribution in [0.5, 0.6) is 11.5 Å². The Kier molecular flexibility index (Phi) is 7.58. The molecule has 5 aromatic rings. The van der Waals surface area contributed by atoms with Crippen molar-refractivity contribution in [1.82, 2.24) is 15.3 Å². The van der Waals surface area contributed by atoms with E-state index in [0.29, 0.717) is 41.7 Å². The molecular weight excluding hydrogens is 492 g/mol. The minimum Gasteiger partial charge on any atom is -0.506 e. The first-order valence-electron chi connectivity index (χ1n) is 12.7. The molecule has 39 heavy (non-hydrogen) atoms. The average Bonchev–Trinajstić information content (AvgIpc) is 2.96. The van der Waals surface area contributed by atoms with Gasteiger partial charge in [-0.05, 0) is 71.6 Å². The number of nitrogens with zero attached hydrogens (tertiary/aromatic N) is 1. The number of aromatic nitrogens is 2. The van der Waals surface area contributed by atoms with Gasteiger partial charge in [-0.15, -0.1) is 0 Å². The molecule has 0 aliphatic carbocycles. The predicted molar refractivity (Wildman–Crippen MR) is 154 cm³/mol. The molecule has 0 aliphatic heterocycles. The Hall–Kier alpha value is -4.66. The van der Waals surface area contributed by atoms with Crippen molar-refractivity contribution in [2.75, 3.05) is 25.9 Å². The smallest absolute Gasteiger partial charge is 0.248 e. The number of aliphatic hydroxyl groups excluding tert-OH is 1. The summed E-state index contributed by atoms with van der Waals surface area (Å²) in [4.78, 5) is 18.5. The number of fused-ring (bicyclic) bond motifs is 1. The standard InChI is InChI=1S/C31H30N4O4/c1-39-29-10-6-20(15-25(29)22-3-2-13-33-17-22)21-5-4-19(26(32)16-21)12-14-34-18-28(37)23-7-9-27(36)31-24(23)8-11-30(38)35-31/h2-11,13,15-17,28,34,36-37H,12,14,18,32H2,1H3,(H,35,38)/t28-/m0/s1. The molecule has 0 aliphatic rings. The molecule has 8 heteroatoms. The first-order chi connectivity index (χ1) is 18.9. The number of aromatic amines is 1. The molecule has 3 aromatic carbocycles. The minimum atomic E-state index is -0.817. The molecule has 0 saturated carbocycles. The number of phenols is 1. The van der Waals surface area contributed by atoms with Gasteiger partial charge in [0.2, 0.25) is 5.56 Å². The fraction of sp³-hybridized carbons (Fsp3) is 0.161. The molecule has 1 atom stereocenters. The number of nitrogen functional groups attached to an aromatic ring is 1. The molecule has 0 bridgehead atoms. The van der Waals surface area contributed by atoms with Crippen LogP contribution in [0.3, 0.4) is 0 Å². The molecular formula is C31H30N4O4. The van der Waals surface area contributed by atoms with Gasteiger partial charge in [0.25, 0.3) is 0 Å². The fourth-order valence-corrected chi connectivity index (χ4v) is 4.76. The third-order valence-electron chi connectivity index (χ3n) is 6.83. The van der Waals surface area contributed by atoms with Crippen molar-refractivity contribution < 1.29 is 14.9 Å². The summed E-state index contributed by atoms with van der Waals surface area (Å²) in [6.07, 6.45) is 3.43. The van der Waals surface area contributed by atoms with Crippen molar-refractivity contribution in [1.29, 1.82) is 0 Å². The van der Waals surface area contributed by atoms with Crippen molar-refractivity contribution >= 4 is 16.6 Å². The van der Waals surface area contributed by atoms with Gasteiger partial charge in [-0.25, -0.2) is 0 Å². The van der Waals surface area contributed by atoms with E-state index in [1.165, 1.54) is 12.1 Å². The maximum absolute atomic E-state index is 11.6. The van der Waals surface area contributed by atoms with Crippen molar-refractivity contribution in [3.05, 3.63) is 107 Å². The van der Waals surface area contributed by atoms with E-state index >= 15 is 0 Å². The Balaban J connectivity index is 1.24. The van der Waals surface area contributed by atoms with Gasteiger partial charge >= 0.3 is 0 Å². The Morgan fingerprint density at radius 2 is 1.85 bits per heavy atom. The second kappa shape index (κ2) is 11.4. The highest BCUT2D eigenvalue weighted by Crippen LogP contribution is 2.35. The predicted octanol–water partition coefficient (Wildman–Crippen LogP) is 4.42. The van der Waals surface area contributed by atoms with Gasteiger partial charge in [0.15, 0.2) is 0 Å². The molecule has 0 fully saturated rings. The molecule has 5 rings (SSSR count). The highest BCUT2D eigenvalue weighted by atomic mass is 16.5. The monoisotopic (exact) mass is 522 g/mol. The van der Waals surface area contributed by atoms with Crippen LogP contribution in [0.4, 0.5) is 5.69 Å². The van der Waals surface area contributed by atoms with Crippen LogP contribution in [-0.4, -0.2) is 40.4 Å². The summed E-state index contributed by atoms with van der Waals surface area (Å²) >= 11 is 0. The molecule has 198 valence electrons. The van der Waals surface area contributed by atoms with Crippen LogP contribution in [0.1, 0.15) is 17.2 Å². The normalized spacial score (nSPS) is 11.9. The SMILES string of the molecule is COc1ccc(-c2ccc(CCNC[C@H](O)c3ccc(O)c4[nH]c(=O)ccc34)c(N)c2)cc1-c1cccnc1. The Bertz CT molecular complexity index is 1670. The molecule has 6 N–H and O–H groups in total. The lowest BCUT2D eigenvalue weighted by Gasteiger charge is -2.16. The number of hydrogen-bond donors (Lipinski definition) is 5. The van der Waals surface area contributed by atoms with Gasteiger partial charge in [0, 0.05) is 47.2 Å². The van der Waals surface area contributed by atoms with Crippen LogP contribution >= 0.6 is 0 Å². The zero-order chi connectivity index (χ0) is 27.4. The topological polar surface area (TPSA) is 133 Å². The van der Waals surface area contributed by atoms with Crippen LogP contribution < -0.4 is 21.3 Å². The van der Waals surface area contributed by atoms with Gasteiger partial charge in [-0.1, -0.05) is 30.3 Å². The molecule has 0 saturated heterocycles. The zero-order valence-electron chi connectivity index (χ0n) is 21.5. The second-order valence-corrected chi connectivity index (χ2v) is 9.33. The van der Waals surface area contributed by atoms with Gasteiger partial charge in [-0.2, -0.15) is 0 Å². The molecule has 8 nitrogen and oxygen atoms in total. The number of pyridine rings is 2. The summed E-state index contributed by atoms with van der Waals surface area (Å²) in [5.74, 6) is 0.742. The van der Waals surface area contributed by atoms with Gasteiger partial charge in [0.05, 0.1) is 18.7 Å². The third kappa shape index (κ3) is 5.62. The molecule has 0 spiro atoms. The summed E-state index contributed by atoms with van der Waals surface area (Å²) in [6, 6.07) is 22.1. The lowest BCUT2D eigenvalue weighted by molar-refractivity contribution is 0.176. The quantitative estimate of drug-likeness (QED) is 0.143. The number of aliphatic hydroxyl groups is 1. The average molecular weight is 523 g/mol. The van der Waals surface area contributed by atoms with E-state index in [1.54, 1.807) is 25.4 Å². The van der Waals surface area contributed by atoms with E-state index in [9.17, 15) is 15.0 Å². The van der Waals surface area contributed by atoms with Gasteiger partial charge < -0.3 is 31.0 Å². The van der Waals surface area contributed by atoms with Crippen LogP contribution in [0, 0.1) is 0 Å². The Morgan fingerprint density at radius 3 is 2.62 bits per heavy atom. The highest BCUT2D eigenvalue weighted by molar-refractivity contribution is 5.87. The summed E-state index contributed by atoms with van der Waals surface area (Å²) in [5.41, 5.74) is 12.7. The largest absolute Gasteiger partial charge is 0.506 e. The Labute approximate surface area is 225 Å². The summed E-state index contributed by atoms with van der Waals surface area (Å²) in [6.45, 7) is 0.918. The maximum Gasteiger partial charge on any atom is 0.248 e. The van der Waals surface area contributed by atoms with Crippen LogP contribution in [0.15, 0.2) is 90.0 Å². The van der Waals surface area contributed by atoms with Crippen LogP contribution in [0.2, 0.25) is 0 Å². The number of hydrogen-bond acceptors (Lipinski definition) is 7. The number of aromatic hydroxyl groups is 1. The van der Waals surface area contributed by atoms with E-state index in [0.717, 1.165) is 33.6 Å². The van der Waals surface area contributed by atoms with E-state index in [2.05, 4.69) is 27.4 Å². The van der Waals surface area contributed by atoms with E-state index in [4.69, 9.17) is 10.5 Å². The van der Waals surface area contributed by atoms with Crippen molar-refractivity contribution in [2.24, 2.45) is 0 Å². The first kappa shape index (κ1) is 26.0. The molecule has 2 heterocycles. The van der Waals surface area contributed by atoms with E-state index < -0.39 is 6.10 Å². The highest BCUT2D eigenvalue weighted by Gasteiger charge is 2.14. The number of nitrogens with two attached hydrogens (primary N) is 1. The molecule has 0 unspecified atom stereocenters. The van der Waals surface area contributed by atoms with Gasteiger partial charge in [0.1, 0.15) is 11.5 Å².